The zero-order chi connectivity index (χ0) is 15.8. The second kappa shape index (κ2) is 7.95. The van der Waals surface area contributed by atoms with E-state index in [1.807, 2.05) is 0 Å². The third kappa shape index (κ3) is 3.86. The van der Waals surface area contributed by atoms with Crippen molar-refractivity contribution in [1.82, 2.24) is 0 Å². The molecule has 6 nitrogen and oxygen atoms in total. The molecule has 2 rings (SSSR count). The van der Waals surface area contributed by atoms with Crippen molar-refractivity contribution in [2.75, 3.05) is 0 Å². The maximum Gasteiger partial charge on any atom is 0.237 e. The van der Waals surface area contributed by atoms with Crippen molar-refractivity contribution < 1.29 is 14.4 Å². The molecule has 22 heavy (non-hydrogen) atoms. The zero-order valence-corrected chi connectivity index (χ0v) is 12.7. The molecule has 0 saturated heterocycles. The summed E-state index contributed by atoms with van der Waals surface area (Å²) >= 11 is 0. The molecule has 0 bridgehead atoms. The number of hydrogen-bond acceptors (Lipinski definition) is 6. The third-order valence-electron chi connectivity index (χ3n) is 5.15. The smallest absolute Gasteiger partial charge is 0.211 e. The van der Waals surface area contributed by atoms with Gasteiger partial charge in [0.1, 0.15) is 0 Å². The maximum absolute atomic E-state index is 10.8. The van der Waals surface area contributed by atoms with Crippen LogP contribution in [0.3, 0.4) is 0 Å². The van der Waals surface area contributed by atoms with Gasteiger partial charge in [0.15, 0.2) is 5.66 Å². The van der Waals surface area contributed by atoms with Crippen LogP contribution < -0.4 is 0 Å². The van der Waals surface area contributed by atoms with E-state index < -0.39 is 5.66 Å². The number of isocyanates is 3. The summed E-state index contributed by atoms with van der Waals surface area (Å²) in [6, 6.07) is 0.103. The maximum atomic E-state index is 10.8. The minimum absolute atomic E-state index is 0.0975. The van der Waals surface area contributed by atoms with Crippen molar-refractivity contribution in [3.05, 3.63) is 0 Å². The quantitative estimate of drug-likeness (QED) is 0.578. The number of carbonyl (C=O) groups excluding carboxylic acids is 3. The first-order chi connectivity index (χ1) is 10.7. The molecule has 0 N–H and O–H groups in total. The van der Waals surface area contributed by atoms with Crippen LogP contribution in [0.1, 0.15) is 57.8 Å². The molecule has 1 atom stereocenters. The van der Waals surface area contributed by atoms with Crippen molar-refractivity contribution in [1.29, 1.82) is 0 Å². The minimum Gasteiger partial charge on any atom is -0.211 e. The fraction of sp³-hybridized carbons (Fsp3) is 0.812. The Morgan fingerprint density at radius 3 is 2.14 bits per heavy atom. The molecular formula is C16H21N3O3. The Morgan fingerprint density at radius 2 is 1.55 bits per heavy atom. The summed E-state index contributed by atoms with van der Waals surface area (Å²) in [4.78, 5) is 43.5. The van der Waals surface area contributed by atoms with Crippen molar-refractivity contribution in [3.63, 3.8) is 0 Å². The molecule has 0 radical (unpaired) electrons. The van der Waals surface area contributed by atoms with Crippen LogP contribution in [0.4, 0.5) is 0 Å². The molecule has 2 aliphatic carbocycles. The van der Waals surface area contributed by atoms with Crippen molar-refractivity contribution in [2.24, 2.45) is 26.8 Å². The van der Waals surface area contributed by atoms with E-state index in [-0.39, 0.29) is 12.0 Å². The van der Waals surface area contributed by atoms with Crippen molar-refractivity contribution >= 4 is 18.2 Å². The summed E-state index contributed by atoms with van der Waals surface area (Å²) < 4.78 is 0. The second-order valence-electron chi connectivity index (χ2n) is 6.36. The first-order valence-corrected chi connectivity index (χ1v) is 7.99. The van der Waals surface area contributed by atoms with E-state index in [1.165, 1.54) is 0 Å². The summed E-state index contributed by atoms with van der Waals surface area (Å²) in [5.41, 5.74) is -0.945. The monoisotopic (exact) mass is 303 g/mol. The van der Waals surface area contributed by atoms with Gasteiger partial charge in [-0.15, -0.1) is 0 Å². The normalized spacial score (nSPS) is 34.6. The SMILES string of the molecule is O=C=NC1CCC(CC2CCCCC2(N=C=O)N=C=O)CC1. The highest BCUT2D eigenvalue weighted by atomic mass is 16.1. The van der Waals surface area contributed by atoms with Crippen LogP contribution >= 0.6 is 0 Å². The summed E-state index contributed by atoms with van der Waals surface area (Å²) in [6.07, 6.45) is 13.0. The van der Waals surface area contributed by atoms with Gasteiger partial charge in [-0.05, 0) is 57.3 Å². The predicted octanol–water partition coefficient (Wildman–Crippen LogP) is 2.83. The van der Waals surface area contributed by atoms with Gasteiger partial charge in [-0.1, -0.05) is 6.42 Å². The highest BCUT2D eigenvalue weighted by molar-refractivity contribution is 5.39. The van der Waals surface area contributed by atoms with Crippen LogP contribution in [0.5, 0.6) is 0 Å². The molecule has 0 amide bonds. The fourth-order valence-corrected chi connectivity index (χ4v) is 3.98. The first-order valence-electron chi connectivity index (χ1n) is 7.99. The van der Waals surface area contributed by atoms with Crippen molar-refractivity contribution in [2.45, 2.75) is 69.5 Å². The lowest BCUT2D eigenvalue weighted by molar-refractivity contribution is 0.149. The number of aliphatic imine (C=N–C) groups is 3. The lowest BCUT2D eigenvalue weighted by Crippen LogP contribution is -2.38. The molecule has 0 heterocycles. The predicted molar refractivity (Wildman–Crippen MR) is 79.4 cm³/mol. The van der Waals surface area contributed by atoms with Crippen molar-refractivity contribution in [3.8, 4) is 0 Å². The van der Waals surface area contributed by atoms with Crippen LogP contribution in [0.25, 0.3) is 0 Å². The van der Waals surface area contributed by atoms with Gasteiger partial charge in [0.2, 0.25) is 18.2 Å². The van der Waals surface area contributed by atoms with Crippen LogP contribution in [-0.2, 0) is 14.4 Å². The molecule has 0 aromatic heterocycles. The zero-order valence-electron chi connectivity index (χ0n) is 12.7. The Hall–Kier alpha value is -1.86. The van der Waals surface area contributed by atoms with E-state index in [0.717, 1.165) is 51.4 Å². The van der Waals surface area contributed by atoms with Crippen LogP contribution in [0.15, 0.2) is 15.0 Å². The Morgan fingerprint density at radius 1 is 0.864 bits per heavy atom. The second-order valence-corrected chi connectivity index (χ2v) is 6.36. The average molecular weight is 303 g/mol. The van der Waals surface area contributed by atoms with E-state index >= 15 is 0 Å². The largest absolute Gasteiger partial charge is 0.237 e. The molecule has 2 saturated carbocycles. The highest BCUT2D eigenvalue weighted by Crippen LogP contribution is 2.43. The van der Waals surface area contributed by atoms with E-state index in [4.69, 9.17) is 0 Å². The molecule has 118 valence electrons. The van der Waals surface area contributed by atoms with Gasteiger partial charge < -0.3 is 0 Å². The molecule has 2 aliphatic rings. The van der Waals surface area contributed by atoms with Crippen LogP contribution in [0, 0.1) is 11.8 Å². The highest BCUT2D eigenvalue weighted by Gasteiger charge is 2.42. The lowest BCUT2D eigenvalue weighted by atomic mass is 9.72. The van der Waals surface area contributed by atoms with Gasteiger partial charge in [0.05, 0.1) is 6.04 Å². The fourth-order valence-electron chi connectivity index (χ4n) is 3.98. The Kier molecular flexibility index (Phi) is 5.97. The summed E-state index contributed by atoms with van der Waals surface area (Å²) in [5.74, 6) is 0.601. The van der Waals surface area contributed by atoms with E-state index in [0.29, 0.717) is 12.3 Å². The Balaban J connectivity index is 2.04. The number of hydrogen-bond donors (Lipinski definition) is 0. The molecule has 0 spiro atoms. The van der Waals surface area contributed by atoms with Gasteiger partial charge >= 0.3 is 0 Å². The van der Waals surface area contributed by atoms with E-state index in [2.05, 4.69) is 15.0 Å². The molecule has 1 unspecified atom stereocenters. The molecule has 2 fully saturated rings. The van der Waals surface area contributed by atoms with Gasteiger partial charge in [0.25, 0.3) is 0 Å². The molecule has 0 aromatic rings. The standard InChI is InChI=1S/C16H21N3O3/c20-10-17-15-6-4-13(5-7-15)9-14-3-1-2-8-16(14,18-11-21)19-12-22/h13-15H,1-9H2. The van der Waals surface area contributed by atoms with Gasteiger partial charge in [0, 0.05) is 5.92 Å². The summed E-state index contributed by atoms with van der Waals surface area (Å²) in [6.45, 7) is 0. The third-order valence-corrected chi connectivity index (χ3v) is 5.15. The average Bonchev–Trinajstić information content (AvgIpc) is 2.52. The molecule has 0 aromatic carbocycles. The summed E-state index contributed by atoms with van der Waals surface area (Å²) in [5, 5.41) is 0. The number of nitrogens with zero attached hydrogens (tertiary/aromatic N) is 3. The van der Waals surface area contributed by atoms with E-state index in [9.17, 15) is 14.4 Å². The molecular weight excluding hydrogens is 282 g/mol. The molecule has 6 heteroatoms. The lowest BCUT2D eigenvalue weighted by Gasteiger charge is -2.38. The Bertz CT molecular complexity index is 503. The first kappa shape index (κ1) is 16.5. The van der Waals surface area contributed by atoms with E-state index in [1.54, 1.807) is 18.2 Å². The minimum atomic E-state index is -0.945. The van der Waals surface area contributed by atoms with Crippen LogP contribution in [-0.4, -0.2) is 29.9 Å². The van der Waals surface area contributed by atoms with Gasteiger partial charge in [-0.25, -0.2) is 19.4 Å². The van der Waals surface area contributed by atoms with Crippen LogP contribution in [0.2, 0.25) is 0 Å². The summed E-state index contributed by atoms with van der Waals surface area (Å²) in [7, 11) is 0. The van der Waals surface area contributed by atoms with Gasteiger partial charge in [-0.2, -0.15) is 9.98 Å². The van der Waals surface area contributed by atoms with Gasteiger partial charge in [-0.3, -0.25) is 0 Å². The Labute approximate surface area is 129 Å². The molecule has 0 aliphatic heterocycles. The topological polar surface area (TPSA) is 88.3 Å². The number of rotatable bonds is 5.